The van der Waals surface area contributed by atoms with Crippen molar-refractivity contribution in [3.8, 4) is 5.75 Å². The van der Waals surface area contributed by atoms with Crippen molar-refractivity contribution in [3.05, 3.63) is 64.7 Å². The Morgan fingerprint density at radius 3 is 2.86 bits per heavy atom. The molecule has 2 aromatic carbocycles. The first-order valence-corrected chi connectivity index (χ1v) is 7.84. The Labute approximate surface area is 125 Å². The molecule has 2 aliphatic rings. The van der Waals surface area contributed by atoms with E-state index in [0.717, 1.165) is 29.7 Å². The molecule has 2 atom stereocenters. The van der Waals surface area contributed by atoms with Crippen LogP contribution in [-0.2, 0) is 12.8 Å². The first kappa shape index (κ1) is 12.9. The van der Waals surface area contributed by atoms with Crippen LogP contribution in [0.3, 0.4) is 0 Å². The van der Waals surface area contributed by atoms with E-state index in [1.54, 1.807) is 0 Å². The van der Waals surface area contributed by atoms with Crippen LogP contribution in [0, 0.1) is 0 Å². The van der Waals surface area contributed by atoms with Gasteiger partial charge in [0.2, 0.25) is 0 Å². The Morgan fingerprint density at radius 1 is 1.05 bits per heavy atom. The maximum Gasteiger partial charge on any atom is 0.122 e. The summed E-state index contributed by atoms with van der Waals surface area (Å²) in [6, 6.07) is 14.6. The molecule has 1 heterocycles. The lowest BCUT2D eigenvalue weighted by Gasteiger charge is -2.30. The van der Waals surface area contributed by atoms with Crippen LogP contribution in [0.1, 0.15) is 47.1 Å². The van der Waals surface area contributed by atoms with Gasteiger partial charge >= 0.3 is 0 Å². The second kappa shape index (κ2) is 5.19. The highest BCUT2D eigenvalue weighted by atomic mass is 16.5. The molecule has 108 valence electrons. The number of aliphatic hydroxyl groups excluding tert-OH is 1. The minimum atomic E-state index is -0.444. The number of aliphatic hydroxyl groups is 1. The van der Waals surface area contributed by atoms with Gasteiger partial charge in [-0.25, -0.2) is 0 Å². The molecule has 0 saturated heterocycles. The number of fused-ring (bicyclic) bond motifs is 2. The number of hydrogen-bond donors (Lipinski definition) is 1. The summed E-state index contributed by atoms with van der Waals surface area (Å²) in [7, 11) is 0. The Balaban J connectivity index is 1.68. The van der Waals surface area contributed by atoms with Gasteiger partial charge < -0.3 is 9.84 Å². The number of rotatable bonds is 2. The summed E-state index contributed by atoms with van der Waals surface area (Å²) in [6.45, 7) is 0.684. The van der Waals surface area contributed by atoms with Gasteiger partial charge in [-0.15, -0.1) is 0 Å². The van der Waals surface area contributed by atoms with E-state index in [9.17, 15) is 5.11 Å². The third-order valence-corrected chi connectivity index (χ3v) is 4.85. The molecule has 2 nitrogen and oxygen atoms in total. The van der Waals surface area contributed by atoms with Gasteiger partial charge in [-0.05, 0) is 48.4 Å². The van der Waals surface area contributed by atoms with E-state index in [-0.39, 0.29) is 5.92 Å². The summed E-state index contributed by atoms with van der Waals surface area (Å²) < 4.78 is 5.70. The van der Waals surface area contributed by atoms with Crippen molar-refractivity contribution >= 4 is 0 Å². The molecule has 0 spiro atoms. The van der Waals surface area contributed by atoms with Crippen LogP contribution in [0.5, 0.6) is 5.75 Å². The predicted octanol–water partition coefficient (Wildman–Crippen LogP) is 3.78. The van der Waals surface area contributed by atoms with E-state index in [4.69, 9.17) is 4.74 Å². The first-order valence-electron chi connectivity index (χ1n) is 7.84. The molecule has 4 rings (SSSR count). The third-order valence-electron chi connectivity index (χ3n) is 4.85. The molecule has 2 aromatic rings. The molecule has 21 heavy (non-hydrogen) atoms. The van der Waals surface area contributed by atoms with Gasteiger partial charge in [-0.2, -0.15) is 0 Å². The molecule has 2 heteroatoms. The Morgan fingerprint density at radius 2 is 1.90 bits per heavy atom. The van der Waals surface area contributed by atoms with Gasteiger partial charge in [-0.1, -0.05) is 36.4 Å². The van der Waals surface area contributed by atoms with Gasteiger partial charge in [0, 0.05) is 11.5 Å². The lowest BCUT2D eigenvalue weighted by Crippen LogP contribution is -2.20. The third kappa shape index (κ3) is 2.24. The Bertz CT molecular complexity index is 662. The van der Waals surface area contributed by atoms with Gasteiger partial charge in [0.1, 0.15) is 5.75 Å². The van der Waals surface area contributed by atoms with Crippen LogP contribution in [0.2, 0.25) is 0 Å². The first-order chi connectivity index (χ1) is 10.3. The zero-order valence-corrected chi connectivity index (χ0v) is 12.1. The summed E-state index contributed by atoms with van der Waals surface area (Å²) in [4.78, 5) is 0. The topological polar surface area (TPSA) is 29.5 Å². The highest BCUT2D eigenvalue weighted by molar-refractivity contribution is 5.42. The van der Waals surface area contributed by atoms with Gasteiger partial charge in [0.05, 0.1) is 12.7 Å². The van der Waals surface area contributed by atoms with Crippen molar-refractivity contribution < 1.29 is 9.84 Å². The number of para-hydroxylation sites is 1. The molecule has 2 unspecified atom stereocenters. The van der Waals surface area contributed by atoms with Crippen LogP contribution in [0.15, 0.2) is 42.5 Å². The smallest absolute Gasteiger partial charge is 0.122 e. The van der Waals surface area contributed by atoms with Crippen molar-refractivity contribution in [2.75, 3.05) is 6.61 Å². The summed E-state index contributed by atoms with van der Waals surface area (Å²) in [5.41, 5.74) is 5.07. The standard InChI is InChI=1S/C19H20O2/c20-19(15-9-8-13-4-3-5-14(13)12-15)17-10-11-21-18-7-2-1-6-16(17)18/h1-2,6-9,12,17,19-20H,3-5,10-11H2. The summed E-state index contributed by atoms with van der Waals surface area (Å²) in [5.74, 6) is 1.06. The number of aryl methyl sites for hydroxylation is 2. The van der Waals surface area contributed by atoms with Crippen molar-refractivity contribution in [3.63, 3.8) is 0 Å². The predicted molar refractivity (Wildman–Crippen MR) is 82.7 cm³/mol. The molecule has 1 N–H and O–H groups in total. The largest absolute Gasteiger partial charge is 0.493 e. The van der Waals surface area contributed by atoms with Crippen LogP contribution in [0.25, 0.3) is 0 Å². The Hall–Kier alpha value is -1.80. The van der Waals surface area contributed by atoms with Crippen molar-refractivity contribution in [2.45, 2.75) is 37.7 Å². The number of benzene rings is 2. The second-order valence-electron chi connectivity index (χ2n) is 6.11. The molecule has 0 aromatic heterocycles. The SMILES string of the molecule is OC(c1ccc2c(c1)CCC2)C1CCOc2ccccc21. The maximum absolute atomic E-state index is 10.9. The highest BCUT2D eigenvalue weighted by Gasteiger charge is 2.29. The molecule has 0 amide bonds. The van der Waals surface area contributed by atoms with Crippen LogP contribution >= 0.6 is 0 Å². The second-order valence-corrected chi connectivity index (χ2v) is 6.11. The normalized spacial score (nSPS) is 21.3. The van der Waals surface area contributed by atoms with Crippen molar-refractivity contribution in [1.29, 1.82) is 0 Å². The lowest BCUT2D eigenvalue weighted by atomic mass is 9.84. The number of ether oxygens (including phenoxy) is 1. The van der Waals surface area contributed by atoms with Crippen molar-refractivity contribution in [1.82, 2.24) is 0 Å². The molecular formula is C19H20O2. The van der Waals surface area contributed by atoms with E-state index in [1.807, 2.05) is 18.2 Å². The fourth-order valence-electron chi connectivity index (χ4n) is 3.71. The molecular weight excluding hydrogens is 260 g/mol. The fraction of sp³-hybridized carbons (Fsp3) is 0.368. The highest BCUT2D eigenvalue weighted by Crippen LogP contribution is 2.41. The maximum atomic E-state index is 10.9. The van der Waals surface area contributed by atoms with E-state index in [0.29, 0.717) is 6.61 Å². The number of hydrogen-bond acceptors (Lipinski definition) is 2. The van der Waals surface area contributed by atoms with Gasteiger partial charge in [-0.3, -0.25) is 0 Å². The van der Waals surface area contributed by atoms with Gasteiger partial charge in [0.25, 0.3) is 0 Å². The monoisotopic (exact) mass is 280 g/mol. The molecule has 1 aliphatic carbocycles. The summed E-state index contributed by atoms with van der Waals surface area (Å²) in [5, 5.41) is 10.9. The minimum Gasteiger partial charge on any atom is -0.493 e. The fourth-order valence-corrected chi connectivity index (χ4v) is 3.71. The molecule has 0 radical (unpaired) electrons. The molecule has 0 saturated carbocycles. The van der Waals surface area contributed by atoms with Crippen LogP contribution in [0.4, 0.5) is 0 Å². The Kier molecular flexibility index (Phi) is 3.19. The van der Waals surface area contributed by atoms with Gasteiger partial charge in [0.15, 0.2) is 0 Å². The summed E-state index contributed by atoms with van der Waals surface area (Å²) >= 11 is 0. The van der Waals surface area contributed by atoms with Crippen LogP contribution < -0.4 is 4.74 Å². The zero-order valence-electron chi connectivity index (χ0n) is 12.1. The zero-order chi connectivity index (χ0) is 14.2. The van der Waals surface area contributed by atoms with E-state index in [1.165, 1.54) is 24.0 Å². The molecule has 1 aliphatic heterocycles. The van der Waals surface area contributed by atoms with E-state index < -0.39 is 6.10 Å². The van der Waals surface area contributed by atoms with Crippen LogP contribution in [-0.4, -0.2) is 11.7 Å². The lowest BCUT2D eigenvalue weighted by molar-refractivity contribution is 0.117. The molecule has 0 bridgehead atoms. The molecule has 0 fully saturated rings. The average molecular weight is 280 g/mol. The quantitative estimate of drug-likeness (QED) is 0.907. The van der Waals surface area contributed by atoms with E-state index in [2.05, 4.69) is 24.3 Å². The average Bonchev–Trinajstić information content (AvgIpc) is 3.01. The minimum absolute atomic E-state index is 0.134. The van der Waals surface area contributed by atoms with E-state index >= 15 is 0 Å². The van der Waals surface area contributed by atoms with Crippen molar-refractivity contribution in [2.24, 2.45) is 0 Å². The summed E-state index contributed by atoms with van der Waals surface area (Å²) in [6.07, 6.45) is 4.01.